The number of nitrogens with one attached hydrogen (secondary N) is 1. The number of ether oxygens (including phenoxy) is 1. The number of nitrogens with zero attached hydrogens (tertiary/aromatic N) is 2. The fourth-order valence-electron chi connectivity index (χ4n) is 3.21. The van der Waals surface area contributed by atoms with E-state index >= 15 is 0 Å². The van der Waals surface area contributed by atoms with Crippen LogP contribution >= 0.6 is 0 Å². The average Bonchev–Trinajstić information content (AvgIpc) is 2.83. The Morgan fingerprint density at radius 1 is 0.969 bits per heavy atom. The lowest BCUT2D eigenvalue weighted by molar-refractivity contribution is 0.0897. The van der Waals surface area contributed by atoms with Gasteiger partial charge in [-0.2, -0.15) is 0 Å². The van der Waals surface area contributed by atoms with E-state index in [4.69, 9.17) is 4.74 Å². The molecule has 2 aromatic carbocycles. The number of pyridine rings is 1. The summed E-state index contributed by atoms with van der Waals surface area (Å²) in [4.78, 5) is 42.8. The van der Waals surface area contributed by atoms with Crippen LogP contribution in [0.5, 0.6) is 5.75 Å². The number of rotatable bonds is 7. The van der Waals surface area contributed by atoms with Crippen LogP contribution < -0.4 is 15.6 Å². The molecule has 2 aromatic heterocycles. The summed E-state index contributed by atoms with van der Waals surface area (Å²) in [5, 5.41) is 2.56. The fraction of sp³-hybridized carbons (Fsp3) is 0.120. The highest BCUT2D eigenvalue weighted by Gasteiger charge is 2.21. The summed E-state index contributed by atoms with van der Waals surface area (Å²) in [6.07, 6.45) is 1.64. The minimum atomic E-state index is -0.655. The monoisotopic (exact) mass is 427 g/mol. The SMILES string of the molecule is Cc1ccc2nc(C(=O)NCC(=O)c3ccccc3)c(OCc3ccccc3)c(=O)n2c1. The lowest BCUT2D eigenvalue weighted by Gasteiger charge is -2.13. The van der Waals surface area contributed by atoms with Crippen molar-refractivity contribution in [2.24, 2.45) is 0 Å². The lowest BCUT2D eigenvalue weighted by atomic mass is 10.1. The number of amides is 1. The Bertz CT molecular complexity index is 1330. The summed E-state index contributed by atoms with van der Waals surface area (Å²) in [6.45, 7) is 1.72. The van der Waals surface area contributed by atoms with Gasteiger partial charge in [-0.3, -0.25) is 18.8 Å². The van der Waals surface area contributed by atoms with E-state index in [9.17, 15) is 14.4 Å². The highest BCUT2D eigenvalue weighted by Crippen LogP contribution is 2.15. The Morgan fingerprint density at radius 2 is 1.66 bits per heavy atom. The van der Waals surface area contributed by atoms with Crippen molar-refractivity contribution in [3.05, 3.63) is 112 Å². The molecule has 4 rings (SSSR count). The predicted molar refractivity (Wildman–Crippen MR) is 120 cm³/mol. The Hall–Kier alpha value is -4.26. The van der Waals surface area contributed by atoms with Gasteiger partial charge < -0.3 is 10.1 Å². The molecule has 0 radical (unpaired) electrons. The molecule has 0 fully saturated rings. The maximum absolute atomic E-state index is 13.1. The summed E-state index contributed by atoms with van der Waals surface area (Å²) in [5.41, 5.74) is 1.85. The molecule has 7 heteroatoms. The minimum absolute atomic E-state index is 0.0961. The summed E-state index contributed by atoms with van der Waals surface area (Å²) in [5.74, 6) is -1.07. The van der Waals surface area contributed by atoms with Gasteiger partial charge in [0, 0.05) is 11.8 Å². The second-order valence-electron chi connectivity index (χ2n) is 7.28. The van der Waals surface area contributed by atoms with E-state index < -0.39 is 11.5 Å². The number of hydrogen-bond acceptors (Lipinski definition) is 5. The topological polar surface area (TPSA) is 89.8 Å². The summed E-state index contributed by atoms with van der Waals surface area (Å²) >= 11 is 0. The zero-order valence-corrected chi connectivity index (χ0v) is 17.4. The third kappa shape index (κ3) is 4.57. The first-order valence-electron chi connectivity index (χ1n) is 10.1. The zero-order chi connectivity index (χ0) is 22.5. The molecule has 0 aliphatic heterocycles. The van der Waals surface area contributed by atoms with E-state index in [0.717, 1.165) is 11.1 Å². The quantitative estimate of drug-likeness (QED) is 0.458. The summed E-state index contributed by atoms with van der Waals surface area (Å²) in [6, 6.07) is 21.4. The van der Waals surface area contributed by atoms with E-state index in [1.54, 1.807) is 48.7 Å². The van der Waals surface area contributed by atoms with E-state index in [2.05, 4.69) is 10.3 Å². The van der Waals surface area contributed by atoms with Crippen molar-refractivity contribution in [2.75, 3.05) is 6.54 Å². The third-order valence-electron chi connectivity index (χ3n) is 4.88. The first-order valence-corrected chi connectivity index (χ1v) is 10.1. The molecule has 7 nitrogen and oxygen atoms in total. The van der Waals surface area contributed by atoms with Gasteiger partial charge in [-0.15, -0.1) is 0 Å². The Labute approximate surface area is 184 Å². The second-order valence-corrected chi connectivity index (χ2v) is 7.28. The molecule has 0 aliphatic rings. The zero-order valence-electron chi connectivity index (χ0n) is 17.4. The van der Waals surface area contributed by atoms with Crippen LogP contribution in [0.2, 0.25) is 0 Å². The molecule has 160 valence electrons. The van der Waals surface area contributed by atoms with Crippen molar-refractivity contribution in [3.63, 3.8) is 0 Å². The molecular formula is C25H21N3O4. The van der Waals surface area contributed by atoms with E-state index in [-0.39, 0.29) is 30.4 Å². The first-order chi connectivity index (χ1) is 15.5. The van der Waals surface area contributed by atoms with Crippen LogP contribution in [0.1, 0.15) is 32.0 Å². The van der Waals surface area contributed by atoms with Gasteiger partial charge in [0.2, 0.25) is 5.75 Å². The van der Waals surface area contributed by atoms with Crippen molar-refractivity contribution in [1.29, 1.82) is 0 Å². The van der Waals surface area contributed by atoms with Gasteiger partial charge in [0.05, 0.1) is 6.54 Å². The first kappa shape index (κ1) is 21.0. The van der Waals surface area contributed by atoms with E-state index in [1.807, 2.05) is 37.3 Å². The molecule has 0 atom stereocenters. The minimum Gasteiger partial charge on any atom is -0.481 e. The van der Waals surface area contributed by atoms with Crippen LogP contribution in [0, 0.1) is 6.92 Å². The molecule has 0 unspecified atom stereocenters. The third-order valence-corrected chi connectivity index (χ3v) is 4.88. The molecule has 0 bridgehead atoms. The molecule has 1 N–H and O–H groups in total. The summed E-state index contributed by atoms with van der Waals surface area (Å²) in [7, 11) is 0. The number of hydrogen-bond donors (Lipinski definition) is 1. The van der Waals surface area contributed by atoms with E-state index in [0.29, 0.717) is 11.2 Å². The molecule has 0 saturated heterocycles. The van der Waals surface area contributed by atoms with Crippen molar-refractivity contribution >= 4 is 17.3 Å². The molecule has 0 saturated carbocycles. The standard InChI is InChI=1S/C25H21N3O4/c1-17-12-13-21-27-22(24(30)26-14-20(29)19-10-6-3-7-11-19)23(25(31)28(21)15-17)32-16-18-8-4-2-5-9-18/h2-13,15H,14,16H2,1H3,(H,26,30). The van der Waals surface area contributed by atoms with Crippen molar-refractivity contribution in [1.82, 2.24) is 14.7 Å². The Balaban J connectivity index is 1.65. The molecule has 4 aromatic rings. The van der Waals surface area contributed by atoms with Crippen LogP contribution in [0.4, 0.5) is 0 Å². The maximum atomic E-state index is 13.1. The number of Topliss-reactive ketones (excluding diaryl/α,β-unsaturated/α-hetero) is 1. The van der Waals surface area contributed by atoms with E-state index in [1.165, 1.54) is 4.40 Å². The van der Waals surface area contributed by atoms with Gasteiger partial charge in [-0.05, 0) is 24.1 Å². The predicted octanol–water partition coefficient (Wildman–Crippen LogP) is 3.19. The number of carbonyl (C=O) groups is 2. The van der Waals surface area contributed by atoms with Gasteiger partial charge in [0.15, 0.2) is 11.5 Å². The average molecular weight is 427 g/mol. The number of aryl methyl sites for hydroxylation is 1. The number of fused-ring (bicyclic) bond motifs is 1. The van der Waals surface area contributed by atoms with Crippen LogP contribution in [0.25, 0.3) is 5.65 Å². The van der Waals surface area contributed by atoms with Gasteiger partial charge >= 0.3 is 5.56 Å². The van der Waals surface area contributed by atoms with Gasteiger partial charge in [0.25, 0.3) is 5.91 Å². The normalized spacial score (nSPS) is 10.7. The van der Waals surface area contributed by atoms with Crippen molar-refractivity contribution < 1.29 is 14.3 Å². The fourth-order valence-corrected chi connectivity index (χ4v) is 3.21. The lowest BCUT2D eigenvalue weighted by Crippen LogP contribution is -2.33. The van der Waals surface area contributed by atoms with Crippen molar-refractivity contribution in [2.45, 2.75) is 13.5 Å². The largest absolute Gasteiger partial charge is 0.481 e. The number of aromatic nitrogens is 2. The molecule has 32 heavy (non-hydrogen) atoms. The molecule has 0 spiro atoms. The number of ketones is 1. The van der Waals surface area contributed by atoms with Gasteiger partial charge in [0.1, 0.15) is 12.3 Å². The molecular weight excluding hydrogens is 406 g/mol. The van der Waals surface area contributed by atoms with Gasteiger partial charge in [-0.1, -0.05) is 66.7 Å². The van der Waals surface area contributed by atoms with Crippen LogP contribution in [-0.4, -0.2) is 27.6 Å². The molecule has 0 aliphatic carbocycles. The van der Waals surface area contributed by atoms with Crippen LogP contribution in [-0.2, 0) is 6.61 Å². The second kappa shape index (κ2) is 9.26. The maximum Gasteiger partial charge on any atom is 0.301 e. The summed E-state index contributed by atoms with van der Waals surface area (Å²) < 4.78 is 7.12. The van der Waals surface area contributed by atoms with Crippen LogP contribution in [0.3, 0.4) is 0 Å². The number of benzene rings is 2. The smallest absolute Gasteiger partial charge is 0.301 e. The molecule has 1 amide bonds. The molecule has 2 heterocycles. The van der Waals surface area contributed by atoms with Crippen molar-refractivity contribution in [3.8, 4) is 5.75 Å². The van der Waals surface area contributed by atoms with Gasteiger partial charge in [-0.25, -0.2) is 4.98 Å². The Morgan fingerprint density at radius 3 is 2.38 bits per heavy atom. The van der Waals surface area contributed by atoms with Crippen LogP contribution in [0.15, 0.2) is 83.8 Å². The highest BCUT2D eigenvalue weighted by atomic mass is 16.5. The highest BCUT2D eigenvalue weighted by molar-refractivity contribution is 6.02. The number of carbonyl (C=O) groups excluding carboxylic acids is 2. The Kier molecular flexibility index (Phi) is 6.07.